The van der Waals surface area contributed by atoms with Gasteiger partial charge in [-0.3, -0.25) is 0 Å². The zero-order chi connectivity index (χ0) is 20.0. The van der Waals surface area contributed by atoms with Gasteiger partial charge in [-0.15, -0.1) is 0 Å². The van der Waals surface area contributed by atoms with Crippen LogP contribution in [0.25, 0.3) is 0 Å². The molecule has 150 valence electrons. The second-order valence-electron chi connectivity index (χ2n) is 9.94. The molecule has 0 N–H and O–H groups in total. The summed E-state index contributed by atoms with van der Waals surface area (Å²) >= 11 is 0. The zero-order valence-electron chi connectivity index (χ0n) is 17.0. The molecule has 0 aromatic rings. The quantitative estimate of drug-likeness (QED) is 0.375. The van der Waals surface area contributed by atoms with Gasteiger partial charge in [0.05, 0.1) is 12.5 Å². The van der Waals surface area contributed by atoms with Crippen LogP contribution in [0.15, 0.2) is 23.3 Å². The van der Waals surface area contributed by atoms with Gasteiger partial charge in [0, 0.05) is 6.08 Å². The van der Waals surface area contributed by atoms with E-state index in [1.807, 2.05) is 6.08 Å². The first-order valence-corrected chi connectivity index (χ1v) is 10.4. The van der Waals surface area contributed by atoms with E-state index in [9.17, 15) is 13.2 Å². The summed E-state index contributed by atoms with van der Waals surface area (Å²) in [7, 11) is 0. The van der Waals surface area contributed by atoms with Crippen LogP contribution in [-0.4, -0.2) is 6.18 Å². The van der Waals surface area contributed by atoms with Gasteiger partial charge in [0.15, 0.2) is 0 Å². The molecule has 1 nitrogen and oxygen atoms in total. The number of halogens is 3. The van der Waals surface area contributed by atoms with Crippen molar-refractivity contribution in [3.8, 4) is 6.07 Å². The molecule has 5 atom stereocenters. The number of nitrogens with zero attached hydrogens (tertiary/aromatic N) is 1. The lowest BCUT2D eigenvalue weighted by Gasteiger charge is -2.56. The Kier molecular flexibility index (Phi) is 5.30. The molecule has 2 saturated carbocycles. The van der Waals surface area contributed by atoms with Crippen molar-refractivity contribution in [1.82, 2.24) is 0 Å². The zero-order valence-corrected chi connectivity index (χ0v) is 17.0. The first-order chi connectivity index (χ1) is 12.5. The number of fused-ring (bicyclic) bond motifs is 3. The van der Waals surface area contributed by atoms with Crippen molar-refractivity contribution >= 4 is 0 Å². The fourth-order valence-corrected chi connectivity index (χ4v) is 6.94. The van der Waals surface area contributed by atoms with Crippen molar-refractivity contribution in [3.05, 3.63) is 23.3 Å². The van der Waals surface area contributed by atoms with E-state index in [0.717, 1.165) is 38.5 Å². The van der Waals surface area contributed by atoms with Gasteiger partial charge in [-0.25, -0.2) is 0 Å². The van der Waals surface area contributed by atoms with Crippen molar-refractivity contribution in [2.24, 2.45) is 34.5 Å². The van der Waals surface area contributed by atoms with E-state index in [1.54, 1.807) is 6.08 Å². The molecule has 0 heterocycles. The van der Waals surface area contributed by atoms with Crippen molar-refractivity contribution in [2.75, 3.05) is 0 Å². The van der Waals surface area contributed by atoms with E-state index in [-0.39, 0.29) is 10.8 Å². The molecule has 3 aliphatic rings. The minimum atomic E-state index is -4.14. The van der Waals surface area contributed by atoms with Crippen LogP contribution in [-0.2, 0) is 0 Å². The lowest BCUT2D eigenvalue weighted by Crippen LogP contribution is -2.48. The highest BCUT2D eigenvalue weighted by Crippen LogP contribution is 2.65. The fourth-order valence-electron chi connectivity index (χ4n) is 6.94. The molecule has 2 fully saturated rings. The molecule has 0 aromatic heterocycles. The molecule has 3 aliphatic carbocycles. The molecule has 0 aliphatic heterocycles. The minimum absolute atomic E-state index is 0.0605. The number of alkyl halides is 3. The molecular formula is C23H32F3N. The highest BCUT2D eigenvalue weighted by atomic mass is 19.4. The van der Waals surface area contributed by atoms with Crippen LogP contribution in [0.4, 0.5) is 13.2 Å². The van der Waals surface area contributed by atoms with Crippen molar-refractivity contribution in [1.29, 1.82) is 5.26 Å². The first-order valence-electron chi connectivity index (χ1n) is 10.4. The first kappa shape index (κ1) is 20.5. The monoisotopic (exact) mass is 379 g/mol. The second-order valence-corrected chi connectivity index (χ2v) is 9.94. The third-order valence-corrected chi connectivity index (χ3v) is 7.94. The Balaban J connectivity index is 1.97. The van der Waals surface area contributed by atoms with Crippen LogP contribution < -0.4 is 0 Å². The van der Waals surface area contributed by atoms with E-state index in [1.165, 1.54) is 5.57 Å². The largest absolute Gasteiger partial charge is 0.392 e. The van der Waals surface area contributed by atoms with E-state index in [4.69, 9.17) is 5.26 Å². The van der Waals surface area contributed by atoms with Crippen molar-refractivity contribution < 1.29 is 13.2 Å². The number of allylic oxidation sites excluding steroid dienone is 4. The lowest BCUT2D eigenvalue weighted by atomic mass is 9.48. The number of nitriles is 1. The summed E-state index contributed by atoms with van der Waals surface area (Å²) < 4.78 is 39.8. The Labute approximate surface area is 161 Å². The molecule has 0 radical (unpaired) electrons. The van der Waals surface area contributed by atoms with E-state index in [0.29, 0.717) is 29.2 Å². The lowest BCUT2D eigenvalue weighted by molar-refractivity contribution is -0.133. The molecule has 0 bridgehead atoms. The maximum atomic E-state index is 13.3. The maximum Gasteiger partial charge on any atom is 0.392 e. The molecule has 0 saturated heterocycles. The Hall–Kier alpha value is -1.24. The summed E-state index contributed by atoms with van der Waals surface area (Å²) in [6.07, 6.45) is 4.37. The SMILES string of the molecule is CC(C)CC1(C)C(CC(F)(F)F)=CC[C@@H]2C1CC[C@]1(C)/C(=C\C#N)CCC21. The van der Waals surface area contributed by atoms with Crippen LogP contribution in [0.2, 0.25) is 0 Å². The molecular weight excluding hydrogens is 347 g/mol. The predicted molar refractivity (Wildman–Crippen MR) is 102 cm³/mol. The van der Waals surface area contributed by atoms with Gasteiger partial charge >= 0.3 is 6.18 Å². The molecule has 27 heavy (non-hydrogen) atoms. The van der Waals surface area contributed by atoms with Gasteiger partial charge in [-0.1, -0.05) is 44.9 Å². The topological polar surface area (TPSA) is 23.8 Å². The third-order valence-electron chi connectivity index (χ3n) is 7.94. The molecule has 0 amide bonds. The maximum absolute atomic E-state index is 13.3. The summed E-state index contributed by atoms with van der Waals surface area (Å²) in [6, 6.07) is 2.22. The number of hydrogen-bond acceptors (Lipinski definition) is 1. The summed E-state index contributed by atoms with van der Waals surface area (Å²) in [5, 5.41) is 9.15. The van der Waals surface area contributed by atoms with Crippen molar-refractivity contribution in [3.63, 3.8) is 0 Å². The average molecular weight is 380 g/mol. The minimum Gasteiger partial charge on any atom is -0.193 e. The van der Waals surface area contributed by atoms with E-state index < -0.39 is 12.6 Å². The Morgan fingerprint density at radius 3 is 2.56 bits per heavy atom. The van der Waals surface area contributed by atoms with Crippen LogP contribution >= 0.6 is 0 Å². The van der Waals surface area contributed by atoms with Gasteiger partial charge in [-0.2, -0.15) is 18.4 Å². The van der Waals surface area contributed by atoms with Crippen LogP contribution in [0.1, 0.15) is 72.6 Å². The van der Waals surface area contributed by atoms with Gasteiger partial charge in [0.25, 0.3) is 0 Å². The molecule has 0 spiro atoms. The standard InChI is InChI=1S/C23H32F3N/c1-15(2)13-22(4)17(14-23(24,25)26)5-7-18-19-8-6-16(10-12-27)21(19,3)11-9-20(18)22/h5,10,15,18-20H,6-9,11,13-14H2,1-4H3/b16-10-/t18-,19?,20?,21+,22?/m0/s1. The van der Waals surface area contributed by atoms with Crippen LogP contribution in [0, 0.1) is 45.8 Å². The third kappa shape index (κ3) is 3.59. The van der Waals surface area contributed by atoms with Gasteiger partial charge in [0.1, 0.15) is 0 Å². The number of hydrogen-bond donors (Lipinski definition) is 0. The average Bonchev–Trinajstić information content (AvgIpc) is 2.86. The highest BCUT2D eigenvalue weighted by Gasteiger charge is 2.57. The Morgan fingerprint density at radius 1 is 1.26 bits per heavy atom. The van der Waals surface area contributed by atoms with Gasteiger partial charge in [-0.05, 0) is 73.0 Å². The summed E-state index contributed by atoms with van der Waals surface area (Å²) in [5.74, 6) is 1.62. The molecule has 4 heteroatoms. The summed E-state index contributed by atoms with van der Waals surface area (Å²) in [4.78, 5) is 0. The summed E-state index contributed by atoms with van der Waals surface area (Å²) in [6.45, 7) is 8.64. The Morgan fingerprint density at radius 2 is 1.96 bits per heavy atom. The highest BCUT2D eigenvalue weighted by molar-refractivity contribution is 5.30. The second kappa shape index (κ2) is 6.98. The molecule has 3 rings (SSSR count). The van der Waals surface area contributed by atoms with Gasteiger partial charge in [0.2, 0.25) is 0 Å². The molecule has 0 aromatic carbocycles. The predicted octanol–water partition coefficient (Wildman–Crippen LogP) is 7.21. The van der Waals surface area contributed by atoms with Gasteiger partial charge < -0.3 is 0 Å². The van der Waals surface area contributed by atoms with E-state index in [2.05, 4.69) is 33.8 Å². The number of rotatable bonds is 3. The normalized spacial score (nSPS) is 40.5. The van der Waals surface area contributed by atoms with Crippen LogP contribution in [0.3, 0.4) is 0 Å². The molecule has 3 unspecified atom stereocenters. The van der Waals surface area contributed by atoms with Crippen LogP contribution in [0.5, 0.6) is 0 Å². The summed E-state index contributed by atoms with van der Waals surface area (Å²) in [5.41, 5.74) is 1.59. The smallest absolute Gasteiger partial charge is 0.193 e. The van der Waals surface area contributed by atoms with E-state index >= 15 is 0 Å². The fraction of sp³-hybridized carbons (Fsp3) is 0.783. The Bertz CT molecular complexity index is 681. The van der Waals surface area contributed by atoms with Crippen molar-refractivity contribution in [2.45, 2.75) is 78.8 Å².